The van der Waals surface area contributed by atoms with Crippen molar-refractivity contribution < 1.29 is 13.7 Å². The average Bonchev–Trinajstić information content (AvgIpc) is 2.88. The van der Waals surface area contributed by atoms with E-state index in [1.165, 1.54) is 6.20 Å². The maximum Gasteiger partial charge on any atom is 0.280 e. The Balaban J connectivity index is 2.41. The molecule has 1 heterocycles. The largest absolute Gasteiger partial charge is 0.439 e. The fourth-order valence-corrected chi connectivity index (χ4v) is 1.87. The molecule has 0 saturated carbocycles. The number of rotatable bonds is 5. The van der Waals surface area contributed by atoms with Crippen LogP contribution in [0.1, 0.15) is 25.8 Å². The van der Waals surface area contributed by atoms with Gasteiger partial charge in [0.25, 0.3) is 5.69 Å². The normalized spacial score (nSPS) is 12.3. The number of nitrogens with one attached hydrogen (secondary N) is 1. The average molecular weight is 279 g/mol. The molecule has 2 rings (SSSR count). The van der Waals surface area contributed by atoms with Crippen LogP contribution in [0.2, 0.25) is 0 Å². The Hall–Kier alpha value is -2.28. The molecular weight excluding hydrogens is 265 g/mol. The first-order chi connectivity index (χ1) is 9.52. The first-order valence-electron chi connectivity index (χ1n) is 6.16. The Morgan fingerprint density at radius 3 is 2.95 bits per heavy atom. The molecule has 1 unspecified atom stereocenters. The third-order valence-electron chi connectivity index (χ3n) is 2.83. The number of benzene rings is 1. The van der Waals surface area contributed by atoms with Crippen LogP contribution >= 0.6 is 0 Å². The molecule has 0 saturated heterocycles. The van der Waals surface area contributed by atoms with Crippen molar-refractivity contribution in [2.45, 2.75) is 19.9 Å². The number of halogens is 1. The summed E-state index contributed by atoms with van der Waals surface area (Å²) in [6.45, 7) is 4.54. The van der Waals surface area contributed by atoms with Gasteiger partial charge in [-0.25, -0.2) is 9.37 Å². The number of oxazole rings is 1. The first kappa shape index (κ1) is 14.1. The zero-order valence-electron chi connectivity index (χ0n) is 11.1. The lowest BCUT2D eigenvalue weighted by atomic mass is 10.1. The van der Waals surface area contributed by atoms with Crippen molar-refractivity contribution in [3.63, 3.8) is 0 Å². The summed E-state index contributed by atoms with van der Waals surface area (Å²) in [5.74, 6) is 0.0136. The predicted octanol–water partition coefficient (Wildman–Crippen LogP) is 3.06. The molecule has 0 aliphatic heterocycles. The van der Waals surface area contributed by atoms with Gasteiger partial charge < -0.3 is 9.73 Å². The van der Waals surface area contributed by atoms with Gasteiger partial charge in [-0.15, -0.1) is 0 Å². The van der Waals surface area contributed by atoms with Gasteiger partial charge >= 0.3 is 0 Å². The van der Waals surface area contributed by atoms with Crippen LogP contribution in [0.25, 0.3) is 11.3 Å². The fourth-order valence-electron chi connectivity index (χ4n) is 1.87. The van der Waals surface area contributed by atoms with Crippen molar-refractivity contribution in [2.24, 2.45) is 0 Å². The number of hydrogen-bond acceptors (Lipinski definition) is 5. The van der Waals surface area contributed by atoms with E-state index in [9.17, 15) is 14.5 Å². The van der Waals surface area contributed by atoms with Gasteiger partial charge in [-0.3, -0.25) is 10.1 Å². The minimum Gasteiger partial charge on any atom is -0.439 e. The Kier molecular flexibility index (Phi) is 4.09. The van der Waals surface area contributed by atoms with Gasteiger partial charge in [-0.1, -0.05) is 6.92 Å². The van der Waals surface area contributed by atoms with Crippen LogP contribution in [0.15, 0.2) is 28.8 Å². The first-order valence-corrected chi connectivity index (χ1v) is 6.16. The molecule has 1 aromatic carbocycles. The quantitative estimate of drug-likeness (QED) is 0.672. The number of hydrogen-bond donors (Lipinski definition) is 1. The number of nitrogens with zero attached hydrogens (tertiary/aromatic N) is 2. The Labute approximate surface area is 114 Å². The van der Waals surface area contributed by atoms with Gasteiger partial charge in [-0.05, 0) is 25.6 Å². The molecule has 106 valence electrons. The second-order valence-electron chi connectivity index (χ2n) is 4.26. The van der Waals surface area contributed by atoms with Crippen molar-refractivity contribution in [1.29, 1.82) is 0 Å². The summed E-state index contributed by atoms with van der Waals surface area (Å²) in [6, 6.07) is 3.10. The third kappa shape index (κ3) is 2.83. The highest BCUT2D eigenvalue weighted by Gasteiger charge is 2.20. The standard InChI is InChI=1S/C13H14FN3O3/c1-3-15-8(2)13-16-7-12(20-13)10-6-9(14)4-5-11(10)17(18)19/h4-8,15H,3H2,1-2H3. The predicted molar refractivity (Wildman–Crippen MR) is 70.6 cm³/mol. The van der Waals surface area contributed by atoms with Crippen molar-refractivity contribution in [3.8, 4) is 11.3 Å². The summed E-state index contributed by atoms with van der Waals surface area (Å²) in [4.78, 5) is 14.4. The fraction of sp³-hybridized carbons (Fsp3) is 0.308. The van der Waals surface area contributed by atoms with Crippen LogP contribution < -0.4 is 5.32 Å². The molecule has 2 aromatic rings. The molecule has 0 aliphatic rings. The lowest BCUT2D eigenvalue weighted by Crippen LogP contribution is -2.17. The van der Waals surface area contributed by atoms with E-state index >= 15 is 0 Å². The SMILES string of the molecule is CCNC(C)c1ncc(-c2cc(F)ccc2[N+](=O)[O-])o1. The maximum absolute atomic E-state index is 13.3. The van der Waals surface area contributed by atoms with E-state index in [4.69, 9.17) is 4.42 Å². The van der Waals surface area contributed by atoms with Crippen LogP contribution in [0.4, 0.5) is 10.1 Å². The zero-order valence-corrected chi connectivity index (χ0v) is 11.1. The molecule has 1 atom stereocenters. The van der Waals surface area contributed by atoms with Gasteiger partial charge in [0, 0.05) is 6.07 Å². The van der Waals surface area contributed by atoms with Crippen molar-refractivity contribution in [1.82, 2.24) is 10.3 Å². The molecule has 1 aromatic heterocycles. The van der Waals surface area contributed by atoms with Gasteiger partial charge in [-0.2, -0.15) is 0 Å². The molecule has 6 nitrogen and oxygen atoms in total. The van der Waals surface area contributed by atoms with Crippen LogP contribution in [0, 0.1) is 15.9 Å². The van der Waals surface area contributed by atoms with Crippen molar-refractivity contribution in [2.75, 3.05) is 6.54 Å². The van der Waals surface area contributed by atoms with Gasteiger partial charge in [0.15, 0.2) is 5.76 Å². The highest BCUT2D eigenvalue weighted by molar-refractivity contribution is 5.68. The second kappa shape index (κ2) is 5.79. The van der Waals surface area contributed by atoms with E-state index in [1.807, 2.05) is 13.8 Å². The smallest absolute Gasteiger partial charge is 0.280 e. The van der Waals surface area contributed by atoms with E-state index in [0.29, 0.717) is 5.89 Å². The van der Waals surface area contributed by atoms with Crippen molar-refractivity contribution in [3.05, 3.63) is 46.2 Å². The molecule has 0 amide bonds. The summed E-state index contributed by atoms with van der Waals surface area (Å²) >= 11 is 0. The second-order valence-corrected chi connectivity index (χ2v) is 4.26. The molecular formula is C13H14FN3O3. The summed E-state index contributed by atoms with van der Waals surface area (Å²) in [5.41, 5.74) is -0.136. The molecule has 0 bridgehead atoms. The topological polar surface area (TPSA) is 81.2 Å². The van der Waals surface area contributed by atoms with E-state index in [0.717, 1.165) is 24.7 Å². The number of aromatic nitrogens is 1. The summed E-state index contributed by atoms with van der Waals surface area (Å²) in [6.07, 6.45) is 1.37. The molecule has 0 fully saturated rings. The Bertz CT molecular complexity index is 627. The van der Waals surface area contributed by atoms with E-state index < -0.39 is 10.7 Å². The monoisotopic (exact) mass is 279 g/mol. The number of nitro benzene ring substituents is 1. The molecule has 0 aliphatic carbocycles. The summed E-state index contributed by atoms with van der Waals surface area (Å²) in [5, 5.41) is 14.1. The van der Waals surface area contributed by atoms with E-state index in [1.54, 1.807) is 0 Å². The number of nitro groups is 1. The molecule has 1 N–H and O–H groups in total. The molecule has 7 heteroatoms. The lowest BCUT2D eigenvalue weighted by molar-refractivity contribution is -0.384. The minimum absolute atomic E-state index is 0.0810. The van der Waals surface area contributed by atoms with Crippen LogP contribution in [-0.2, 0) is 0 Å². The van der Waals surface area contributed by atoms with Crippen LogP contribution in [0.3, 0.4) is 0 Å². The highest BCUT2D eigenvalue weighted by Crippen LogP contribution is 2.31. The van der Waals surface area contributed by atoms with Crippen LogP contribution in [-0.4, -0.2) is 16.5 Å². The maximum atomic E-state index is 13.3. The Morgan fingerprint density at radius 2 is 2.30 bits per heavy atom. The summed E-state index contributed by atoms with van der Waals surface area (Å²) < 4.78 is 18.8. The Morgan fingerprint density at radius 1 is 1.55 bits per heavy atom. The molecule has 0 spiro atoms. The summed E-state index contributed by atoms with van der Waals surface area (Å²) in [7, 11) is 0. The zero-order chi connectivity index (χ0) is 14.7. The lowest BCUT2D eigenvalue weighted by Gasteiger charge is -2.06. The molecule has 20 heavy (non-hydrogen) atoms. The van der Waals surface area contributed by atoms with Gasteiger partial charge in [0.1, 0.15) is 5.82 Å². The third-order valence-corrected chi connectivity index (χ3v) is 2.83. The van der Waals surface area contributed by atoms with Crippen LogP contribution in [0.5, 0.6) is 0 Å². The van der Waals surface area contributed by atoms with E-state index in [-0.39, 0.29) is 23.1 Å². The molecule has 0 radical (unpaired) electrons. The van der Waals surface area contributed by atoms with E-state index in [2.05, 4.69) is 10.3 Å². The van der Waals surface area contributed by atoms with Gasteiger partial charge in [0.2, 0.25) is 5.89 Å². The van der Waals surface area contributed by atoms with Gasteiger partial charge in [0.05, 0.1) is 22.7 Å². The minimum atomic E-state index is -0.579. The highest BCUT2D eigenvalue weighted by atomic mass is 19.1. The van der Waals surface area contributed by atoms with Crippen molar-refractivity contribution >= 4 is 5.69 Å².